The molecule has 0 spiro atoms. The lowest BCUT2D eigenvalue weighted by Crippen LogP contribution is -1.55. The molecule has 1 heteroatoms. The van der Waals surface area contributed by atoms with Gasteiger partial charge in [0, 0.05) is 0 Å². The minimum atomic E-state index is 1.11. The molecule has 7 heavy (non-hydrogen) atoms. The molecular weight excluding hydrogens is 104 g/mol. The van der Waals surface area contributed by atoms with E-state index in [2.05, 4.69) is 6.58 Å². The Morgan fingerprint density at radius 1 is 1.71 bits per heavy atom. The maximum absolute atomic E-state index is 3.69. The Labute approximate surface area is 49.3 Å². The van der Waals surface area contributed by atoms with Crippen LogP contribution in [0.3, 0.4) is 0 Å². The second-order valence-corrected chi connectivity index (χ2v) is 2.13. The molecule has 0 rings (SSSR count). The Morgan fingerprint density at radius 2 is 2.29 bits per heavy atom. The van der Waals surface area contributed by atoms with E-state index in [0.29, 0.717) is 0 Å². The van der Waals surface area contributed by atoms with Crippen molar-refractivity contribution in [2.75, 3.05) is 6.26 Å². The molecule has 0 aliphatic rings. The first-order valence-corrected chi connectivity index (χ1v) is 3.41. The van der Waals surface area contributed by atoms with Crippen molar-refractivity contribution in [3.05, 3.63) is 23.6 Å². The molecule has 0 saturated carbocycles. The van der Waals surface area contributed by atoms with Gasteiger partial charge < -0.3 is 0 Å². The molecule has 40 valence electrons. The predicted octanol–water partition coefficient (Wildman–Crippen LogP) is 2.44. The minimum absolute atomic E-state index is 1.11. The standard InChI is InChI=1S/C6H10S/c1-6(2)4-5-7-3/h4-5H,1H2,2-3H3/b5-4-. The van der Waals surface area contributed by atoms with Crippen molar-refractivity contribution in [2.45, 2.75) is 6.92 Å². The van der Waals surface area contributed by atoms with Crippen LogP contribution in [0.1, 0.15) is 6.92 Å². The van der Waals surface area contributed by atoms with Crippen molar-refractivity contribution in [1.82, 2.24) is 0 Å². The van der Waals surface area contributed by atoms with Crippen molar-refractivity contribution in [3.8, 4) is 0 Å². The summed E-state index contributed by atoms with van der Waals surface area (Å²) in [5.74, 6) is 0. The zero-order valence-corrected chi connectivity index (χ0v) is 5.59. The Hall–Kier alpha value is -0.170. The molecule has 0 aliphatic heterocycles. The fourth-order valence-corrected chi connectivity index (χ4v) is 0.553. The van der Waals surface area contributed by atoms with Crippen LogP contribution in [0.25, 0.3) is 0 Å². The molecule has 0 fully saturated rings. The molecule has 0 heterocycles. The molecule has 0 bridgehead atoms. The summed E-state index contributed by atoms with van der Waals surface area (Å²) in [7, 11) is 0. The first-order chi connectivity index (χ1) is 3.27. The summed E-state index contributed by atoms with van der Waals surface area (Å²) in [5.41, 5.74) is 1.11. The third-order valence-electron chi connectivity index (χ3n) is 0.489. The SMILES string of the molecule is C=C(C)/C=C\SC. The number of allylic oxidation sites excluding steroid dienone is 2. The molecule has 0 aromatic carbocycles. The molecule has 0 unspecified atom stereocenters. The first kappa shape index (κ1) is 6.83. The van der Waals surface area contributed by atoms with E-state index in [-0.39, 0.29) is 0 Å². The van der Waals surface area contributed by atoms with E-state index in [1.807, 2.05) is 24.7 Å². The van der Waals surface area contributed by atoms with E-state index in [4.69, 9.17) is 0 Å². The zero-order valence-electron chi connectivity index (χ0n) is 4.77. The van der Waals surface area contributed by atoms with E-state index in [9.17, 15) is 0 Å². The zero-order chi connectivity index (χ0) is 5.70. The predicted molar refractivity (Wildman–Crippen MR) is 37.5 cm³/mol. The average Bonchev–Trinajstić information content (AvgIpc) is 1.61. The van der Waals surface area contributed by atoms with Gasteiger partial charge in [-0.25, -0.2) is 0 Å². The maximum atomic E-state index is 3.69. The molecule has 0 radical (unpaired) electrons. The maximum Gasteiger partial charge on any atom is -0.0142 e. The highest BCUT2D eigenvalue weighted by Gasteiger charge is 1.68. The average molecular weight is 114 g/mol. The van der Waals surface area contributed by atoms with Gasteiger partial charge in [-0.1, -0.05) is 18.2 Å². The largest absolute Gasteiger partial charge is 0.138 e. The van der Waals surface area contributed by atoms with Gasteiger partial charge >= 0.3 is 0 Å². The van der Waals surface area contributed by atoms with Crippen LogP contribution in [0.2, 0.25) is 0 Å². The first-order valence-electron chi connectivity index (χ1n) is 2.12. The summed E-state index contributed by atoms with van der Waals surface area (Å²) in [4.78, 5) is 0. The molecule has 0 aromatic rings. The molecule has 0 nitrogen and oxygen atoms in total. The van der Waals surface area contributed by atoms with Crippen molar-refractivity contribution in [1.29, 1.82) is 0 Å². The number of hydrogen-bond donors (Lipinski definition) is 0. The highest BCUT2D eigenvalue weighted by Crippen LogP contribution is 1.97. The van der Waals surface area contributed by atoms with Gasteiger partial charge in [-0.05, 0) is 18.6 Å². The van der Waals surface area contributed by atoms with Gasteiger partial charge in [-0.2, -0.15) is 0 Å². The van der Waals surface area contributed by atoms with Crippen molar-refractivity contribution in [3.63, 3.8) is 0 Å². The molecule has 0 atom stereocenters. The summed E-state index contributed by atoms with van der Waals surface area (Å²) in [5, 5.41) is 2.02. The molecule has 0 aromatic heterocycles. The minimum Gasteiger partial charge on any atom is -0.138 e. The monoisotopic (exact) mass is 114 g/mol. The van der Waals surface area contributed by atoms with Crippen LogP contribution in [-0.4, -0.2) is 6.26 Å². The van der Waals surface area contributed by atoms with Gasteiger partial charge in [0.1, 0.15) is 0 Å². The third-order valence-corrected chi connectivity index (χ3v) is 0.897. The van der Waals surface area contributed by atoms with Crippen LogP contribution in [0.15, 0.2) is 23.6 Å². The van der Waals surface area contributed by atoms with Gasteiger partial charge in [-0.3, -0.25) is 0 Å². The summed E-state index contributed by atoms with van der Waals surface area (Å²) in [6, 6.07) is 0. The lowest BCUT2D eigenvalue weighted by atomic mass is 10.4. The molecular formula is C6H10S. The van der Waals surface area contributed by atoms with Gasteiger partial charge in [0.2, 0.25) is 0 Å². The Kier molecular flexibility index (Phi) is 3.90. The summed E-state index contributed by atoms with van der Waals surface area (Å²) in [6.07, 6.45) is 4.02. The second kappa shape index (κ2) is 4.00. The smallest absolute Gasteiger partial charge is 0.0142 e. The van der Waals surface area contributed by atoms with Gasteiger partial charge in [-0.15, -0.1) is 11.8 Å². The van der Waals surface area contributed by atoms with Crippen LogP contribution in [-0.2, 0) is 0 Å². The Morgan fingerprint density at radius 3 is 2.43 bits per heavy atom. The van der Waals surface area contributed by atoms with Gasteiger partial charge in [0.05, 0.1) is 0 Å². The third kappa shape index (κ3) is 5.83. The summed E-state index contributed by atoms with van der Waals surface area (Å²) >= 11 is 1.69. The number of rotatable bonds is 2. The van der Waals surface area contributed by atoms with E-state index < -0.39 is 0 Å². The summed E-state index contributed by atoms with van der Waals surface area (Å²) in [6.45, 7) is 5.67. The lowest BCUT2D eigenvalue weighted by Gasteiger charge is -1.79. The molecule has 0 saturated heterocycles. The van der Waals surface area contributed by atoms with E-state index in [1.165, 1.54) is 0 Å². The number of thioether (sulfide) groups is 1. The highest BCUT2D eigenvalue weighted by atomic mass is 32.2. The Bertz CT molecular complexity index is 82.2. The normalized spacial score (nSPS) is 10.0. The molecule has 0 aliphatic carbocycles. The van der Waals surface area contributed by atoms with Crippen molar-refractivity contribution in [2.24, 2.45) is 0 Å². The topological polar surface area (TPSA) is 0 Å². The van der Waals surface area contributed by atoms with Crippen molar-refractivity contribution < 1.29 is 0 Å². The fraction of sp³-hybridized carbons (Fsp3) is 0.333. The lowest BCUT2D eigenvalue weighted by molar-refractivity contribution is 1.57. The molecule has 0 N–H and O–H groups in total. The molecule has 0 amide bonds. The van der Waals surface area contributed by atoms with Crippen LogP contribution in [0, 0.1) is 0 Å². The van der Waals surface area contributed by atoms with Crippen LogP contribution >= 0.6 is 11.8 Å². The van der Waals surface area contributed by atoms with Gasteiger partial charge in [0.25, 0.3) is 0 Å². The number of hydrogen-bond acceptors (Lipinski definition) is 1. The van der Waals surface area contributed by atoms with Crippen LogP contribution < -0.4 is 0 Å². The van der Waals surface area contributed by atoms with Crippen LogP contribution in [0.4, 0.5) is 0 Å². The quantitative estimate of drug-likeness (QED) is 0.497. The van der Waals surface area contributed by atoms with Crippen molar-refractivity contribution >= 4 is 11.8 Å². The highest BCUT2D eigenvalue weighted by molar-refractivity contribution is 8.01. The van der Waals surface area contributed by atoms with E-state index in [0.717, 1.165) is 5.57 Å². The van der Waals surface area contributed by atoms with E-state index >= 15 is 0 Å². The van der Waals surface area contributed by atoms with E-state index in [1.54, 1.807) is 11.8 Å². The Balaban J connectivity index is 3.26. The second-order valence-electron chi connectivity index (χ2n) is 1.38. The fourth-order valence-electron chi connectivity index (χ4n) is 0.184. The summed E-state index contributed by atoms with van der Waals surface area (Å²) < 4.78 is 0. The van der Waals surface area contributed by atoms with Gasteiger partial charge in [0.15, 0.2) is 0 Å². The van der Waals surface area contributed by atoms with Crippen LogP contribution in [0.5, 0.6) is 0 Å².